The Kier molecular flexibility index (Phi) is 6.74. The zero-order chi connectivity index (χ0) is 19.9. The Morgan fingerprint density at radius 1 is 0.964 bits per heavy atom. The Bertz CT molecular complexity index is 989. The van der Waals surface area contributed by atoms with E-state index in [2.05, 4.69) is 5.32 Å². The molecule has 0 aliphatic rings. The number of benzene rings is 3. The van der Waals surface area contributed by atoms with Crippen LogP contribution in [0.1, 0.15) is 20.7 Å². The zero-order valence-corrected chi connectivity index (χ0v) is 16.7. The lowest BCUT2D eigenvalue weighted by molar-refractivity contribution is 0.101. The fourth-order valence-electron chi connectivity index (χ4n) is 2.51. The highest BCUT2D eigenvalue weighted by molar-refractivity contribution is 8.00. The summed E-state index contributed by atoms with van der Waals surface area (Å²) in [5.74, 6) is 0.810. The quantitative estimate of drug-likeness (QED) is 0.407. The van der Waals surface area contributed by atoms with E-state index in [1.165, 1.54) is 11.8 Å². The molecule has 28 heavy (non-hydrogen) atoms. The summed E-state index contributed by atoms with van der Waals surface area (Å²) in [7, 11) is 1.59. The number of ketones is 1. The predicted octanol–water partition coefficient (Wildman–Crippen LogP) is 5.58. The van der Waals surface area contributed by atoms with Gasteiger partial charge >= 0.3 is 0 Å². The van der Waals surface area contributed by atoms with Crippen LogP contribution in [0, 0.1) is 0 Å². The summed E-state index contributed by atoms with van der Waals surface area (Å²) in [5, 5.41) is 3.36. The Morgan fingerprint density at radius 2 is 1.71 bits per heavy atom. The number of anilines is 1. The van der Waals surface area contributed by atoms with Gasteiger partial charge in [0.2, 0.25) is 0 Å². The molecule has 0 heterocycles. The van der Waals surface area contributed by atoms with Gasteiger partial charge in [0, 0.05) is 26.7 Å². The maximum atomic E-state index is 12.4. The Labute approximate surface area is 172 Å². The van der Waals surface area contributed by atoms with Crippen molar-refractivity contribution in [3.63, 3.8) is 0 Å². The van der Waals surface area contributed by atoms with E-state index in [1.54, 1.807) is 61.7 Å². The molecular formula is C22H18ClNO3S. The second-order valence-electron chi connectivity index (χ2n) is 5.93. The van der Waals surface area contributed by atoms with Gasteiger partial charge in [0.25, 0.3) is 5.91 Å². The highest BCUT2D eigenvalue weighted by Crippen LogP contribution is 2.24. The Morgan fingerprint density at radius 3 is 2.43 bits per heavy atom. The second-order valence-corrected chi connectivity index (χ2v) is 7.42. The first-order valence-electron chi connectivity index (χ1n) is 8.52. The molecule has 0 saturated heterocycles. The van der Waals surface area contributed by atoms with Gasteiger partial charge < -0.3 is 10.1 Å². The minimum Gasteiger partial charge on any atom is -0.497 e. The first-order valence-corrected chi connectivity index (χ1v) is 9.88. The summed E-state index contributed by atoms with van der Waals surface area (Å²) in [6, 6.07) is 21.2. The SMILES string of the molecule is COc1ccc(C(=O)CSc2cccc(NC(=O)c3cccc(Cl)c3)c2)cc1. The van der Waals surface area contributed by atoms with E-state index in [0.29, 0.717) is 33.3 Å². The highest BCUT2D eigenvalue weighted by Gasteiger charge is 2.09. The molecule has 0 fully saturated rings. The fourth-order valence-corrected chi connectivity index (χ4v) is 3.55. The smallest absolute Gasteiger partial charge is 0.255 e. The summed E-state index contributed by atoms with van der Waals surface area (Å²) in [6.45, 7) is 0. The number of nitrogens with one attached hydrogen (secondary N) is 1. The van der Waals surface area contributed by atoms with Crippen LogP contribution in [-0.4, -0.2) is 24.6 Å². The molecule has 0 saturated carbocycles. The monoisotopic (exact) mass is 411 g/mol. The number of carbonyl (C=O) groups excluding carboxylic acids is 2. The first kappa shape index (κ1) is 20.0. The van der Waals surface area contributed by atoms with Gasteiger partial charge in [-0.1, -0.05) is 23.7 Å². The fraction of sp³-hybridized carbons (Fsp3) is 0.0909. The number of hydrogen-bond acceptors (Lipinski definition) is 4. The van der Waals surface area contributed by atoms with E-state index in [1.807, 2.05) is 18.2 Å². The van der Waals surface area contributed by atoms with Gasteiger partial charge in [-0.05, 0) is 60.7 Å². The second kappa shape index (κ2) is 9.44. The molecule has 0 radical (unpaired) electrons. The van der Waals surface area contributed by atoms with Crippen molar-refractivity contribution >= 4 is 40.7 Å². The molecule has 3 rings (SSSR count). The molecule has 6 heteroatoms. The number of hydrogen-bond donors (Lipinski definition) is 1. The molecule has 0 aliphatic carbocycles. The number of thioether (sulfide) groups is 1. The lowest BCUT2D eigenvalue weighted by Crippen LogP contribution is -2.11. The maximum absolute atomic E-state index is 12.4. The highest BCUT2D eigenvalue weighted by atomic mass is 35.5. The average Bonchev–Trinajstić information content (AvgIpc) is 2.72. The van der Waals surface area contributed by atoms with Crippen molar-refractivity contribution in [2.75, 3.05) is 18.2 Å². The molecule has 0 bridgehead atoms. The molecule has 0 aromatic heterocycles. The van der Waals surface area contributed by atoms with Crippen molar-refractivity contribution in [1.82, 2.24) is 0 Å². The summed E-state index contributed by atoms with van der Waals surface area (Å²) in [6.07, 6.45) is 0. The van der Waals surface area contributed by atoms with Crippen LogP contribution in [0.3, 0.4) is 0 Å². The molecule has 3 aromatic rings. The van der Waals surface area contributed by atoms with Crippen molar-refractivity contribution < 1.29 is 14.3 Å². The largest absolute Gasteiger partial charge is 0.497 e. The number of methoxy groups -OCH3 is 1. The van der Waals surface area contributed by atoms with Crippen LogP contribution in [-0.2, 0) is 0 Å². The van der Waals surface area contributed by atoms with Crippen LogP contribution in [0.15, 0.2) is 77.7 Å². The van der Waals surface area contributed by atoms with Crippen LogP contribution in [0.4, 0.5) is 5.69 Å². The minimum atomic E-state index is -0.237. The lowest BCUT2D eigenvalue weighted by Gasteiger charge is -2.08. The molecule has 0 spiro atoms. The van der Waals surface area contributed by atoms with Crippen molar-refractivity contribution in [3.05, 3.63) is 88.9 Å². The molecule has 142 valence electrons. The zero-order valence-electron chi connectivity index (χ0n) is 15.1. The van der Waals surface area contributed by atoms with Gasteiger partial charge in [-0.3, -0.25) is 9.59 Å². The first-order chi connectivity index (χ1) is 13.5. The van der Waals surface area contributed by atoms with E-state index in [4.69, 9.17) is 16.3 Å². The normalized spacial score (nSPS) is 10.4. The van der Waals surface area contributed by atoms with Crippen molar-refractivity contribution in [2.45, 2.75) is 4.90 Å². The summed E-state index contributed by atoms with van der Waals surface area (Å²) >= 11 is 7.35. The molecule has 0 unspecified atom stereocenters. The van der Waals surface area contributed by atoms with E-state index in [9.17, 15) is 9.59 Å². The van der Waals surface area contributed by atoms with Crippen LogP contribution in [0.5, 0.6) is 5.75 Å². The number of rotatable bonds is 7. The molecule has 1 amide bonds. The molecule has 4 nitrogen and oxygen atoms in total. The van der Waals surface area contributed by atoms with E-state index < -0.39 is 0 Å². The third kappa shape index (κ3) is 5.38. The number of amides is 1. The van der Waals surface area contributed by atoms with Crippen LogP contribution < -0.4 is 10.1 Å². The number of carbonyl (C=O) groups is 2. The Balaban J connectivity index is 1.61. The van der Waals surface area contributed by atoms with Gasteiger partial charge in [-0.2, -0.15) is 0 Å². The van der Waals surface area contributed by atoms with Crippen molar-refractivity contribution in [1.29, 1.82) is 0 Å². The Hall–Kier alpha value is -2.76. The molecule has 0 aliphatic heterocycles. The summed E-state index contributed by atoms with van der Waals surface area (Å²) < 4.78 is 5.10. The summed E-state index contributed by atoms with van der Waals surface area (Å²) in [5.41, 5.74) is 1.78. The van der Waals surface area contributed by atoms with Crippen LogP contribution in [0.25, 0.3) is 0 Å². The van der Waals surface area contributed by atoms with E-state index in [-0.39, 0.29) is 11.7 Å². The molecule has 0 atom stereocenters. The number of Topliss-reactive ketones (excluding diaryl/α,β-unsaturated/α-hetero) is 1. The average molecular weight is 412 g/mol. The molecule has 3 aromatic carbocycles. The number of halogens is 1. The third-order valence-electron chi connectivity index (χ3n) is 3.96. The van der Waals surface area contributed by atoms with Gasteiger partial charge in [0.05, 0.1) is 12.9 Å². The van der Waals surface area contributed by atoms with Crippen LogP contribution in [0.2, 0.25) is 5.02 Å². The third-order valence-corrected chi connectivity index (χ3v) is 5.19. The topological polar surface area (TPSA) is 55.4 Å². The standard InChI is InChI=1S/C22H18ClNO3S/c1-27-19-10-8-15(9-11-19)21(25)14-28-20-7-3-6-18(13-20)24-22(26)16-4-2-5-17(23)12-16/h2-13H,14H2,1H3,(H,24,26). The van der Waals surface area contributed by atoms with Gasteiger partial charge in [0.1, 0.15) is 5.75 Å². The number of ether oxygens (including phenoxy) is 1. The van der Waals surface area contributed by atoms with Crippen LogP contribution >= 0.6 is 23.4 Å². The van der Waals surface area contributed by atoms with Gasteiger partial charge in [-0.15, -0.1) is 11.8 Å². The summed E-state index contributed by atoms with van der Waals surface area (Å²) in [4.78, 5) is 25.6. The van der Waals surface area contributed by atoms with Crippen molar-refractivity contribution in [2.24, 2.45) is 0 Å². The van der Waals surface area contributed by atoms with E-state index in [0.717, 1.165) is 4.90 Å². The molecule has 1 N–H and O–H groups in total. The van der Waals surface area contributed by atoms with E-state index >= 15 is 0 Å². The van der Waals surface area contributed by atoms with Gasteiger partial charge in [-0.25, -0.2) is 0 Å². The van der Waals surface area contributed by atoms with Crippen molar-refractivity contribution in [3.8, 4) is 5.75 Å². The van der Waals surface area contributed by atoms with Gasteiger partial charge in [0.15, 0.2) is 5.78 Å². The predicted molar refractivity (Wildman–Crippen MR) is 114 cm³/mol. The molecular weight excluding hydrogens is 394 g/mol. The minimum absolute atomic E-state index is 0.0287. The maximum Gasteiger partial charge on any atom is 0.255 e. The lowest BCUT2D eigenvalue weighted by atomic mass is 10.1.